The number of carbonyl (C=O) groups is 2. The standard InChI is InChI=1S/C21H25BrN2O3/c1-13-6-8-16(11-18(13)23-14(2)25)24-20(26)12-27-19-9-7-15(10-17(19)22)21(3,4)5/h6-11H,12H2,1-5H3,(H,23,25)(H,24,26). The molecule has 5 nitrogen and oxygen atoms in total. The lowest BCUT2D eigenvalue weighted by atomic mass is 9.87. The van der Waals surface area contributed by atoms with Crippen molar-refractivity contribution in [2.75, 3.05) is 17.2 Å². The van der Waals surface area contributed by atoms with E-state index in [4.69, 9.17) is 4.74 Å². The van der Waals surface area contributed by atoms with E-state index in [9.17, 15) is 9.59 Å². The van der Waals surface area contributed by atoms with Crippen molar-refractivity contribution in [3.05, 3.63) is 52.0 Å². The molecule has 0 aliphatic rings. The molecule has 144 valence electrons. The summed E-state index contributed by atoms with van der Waals surface area (Å²) in [6, 6.07) is 11.2. The van der Waals surface area contributed by atoms with Crippen LogP contribution in [0.25, 0.3) is 0 Å². The van der Waals surface area contributed by atoms with E-state index in [1.807, 2.05) is 31.2 Å². The topological polar surface area (TPSA) is 67.4 Å². The molecule has 6 heteroatoms. The molecule has 0 fully saturated rings. The van der Waals surface area contributed by atoms with E-state index in [1.165, 1.54) is 12.5 Å². The number of nitrogens with one attached hydrogen (secondary N) is 2. The largest absolute Gasteiger partial charge is 0.483 e. The van der Waals surface area contributed by atoms with Crippen molar-refractivity contribution in [3.8, 4) is 5.75 Å². The minimum atomic E-state index is -0.278. The van der Waals surface area contributed by atoms with Crippen LogP contribution in [0.4, 0.5) is 11.4 Å². The zero-order valence-electron chi connectivity index (χ0n) is 16.3. The van der Waals surface area contributed by atoms with Gasteiger partial charge in [-0.3, -0.25) is 9.59 Å². The van der Waals surface area contributed by atoms with Crippen LogP contribution in [0.15, 0.2) is 40.9 Å². The highest BCUT2D eigenvalue weighted by molar-refractivity contribution is 9.10. The summed E-state index contributed by atoms with van der Waals surface area (Å²) in [5.74, 6) is 0.175. The van der Waals surface area contributed by atoms with Crippen LogP contribution in [0, 0.1) is 6.92 Å². The second-order valence-electron chi connectivity index (χ2n) is 7.44. The Balaban J connectivity index is 2.00. The highest BCUT2D eigenvalue weighted by Crippen LogP contribution is 2.31. The fraction of sp³-hybridized carbons (Fsp3) is 0.333. The maximum Gasteiger partial charge on any atom is 0.262 e. The van der Waals surface area contributed by atoms with Gasteiger partial charge in [-0.15, -0.1) is 0 Å². The summed E-state index contributed by atoms with van der Waals surface area (Å²) in [4.78, 5) is 23.5. The van der Waals surface area contributed by atoms with Crippen molar-refractivity contribution in [1.82, 2.24) is 0 Å². The Labute approximate surface area is 168 Å². The van der Waals surface area contributed by atoms with Gasteiger partial charge in [-0.05, 0) is 63.7 Å². The van der Waals surface area contributed by atoms with Crippen LogP contribution >= 0.6 is 15.9 Å². The van der Waals surface area contributed by atoms with Crippen molar-refractivity contribution >= 4 is 39.1 Å². The van der Waals surface area contributed by atoms with Gasteiger partial charge in [-0.2, -0.15) is 0 Å². The molecule has 2 rings (SSSR count). The molecule has 2 aromatic carbocycles. The fourth-order valence-electron chi connectivity index (χ4n) is 2.45. The third-order valence-corrected chi connectivity index (χ3v) is 4.61. The van der Waals surface area contributed by atoms with E-state index < -0.39 is 0 Å². The lowest BCUT2D eigenvalue weighted by molar-refractivity contribution is -0.118. The molecule has 2 N–H and O–H groups in total. The third-order valence-electron chi connectivity index (χ3n) is 3.99. The maximum absolute atomic E-state index is 12.2. The number of carbonyl (C=O) groups excluding carboxylic acids is 2. The van der Waals surface area contributed by atoms with E-state index in [0.29, 0.717) is 17.1 Å². The quantitative estimate of drug-likeness (QED) is 0.695. The first-order valence-electron chi connectivity index (χ1n) is 8.67. The molecule has 0 aliphatic carbocycles. The summed E-state index contributed by atoms with van der Waals surface area (Å²) < 4.78 is 6.44. The van der Waals surface area contributed by atoms with Gasteiger partial charge in [0.05, 0.1) is 4.47 Å². The molecular weight excluding hydrogens is 408 g/mol. The minimum Gasteiger partial charge on any atom is -0.483 e. The fourth-order valence-corrected chi connectivity index (χ4v) is 2.94. The smallest absolute Gasteiger partial charge is 0.262 e. The molecule has 2 amide bonds. The summed E-state index contributed by atoms with van der Waals surface area (Å²) in [6.07, 6.45) is 0. The average molecular weight is 433 g/mol. The summed E-state index contributed by atoms with van der Waals surface area (Å²) in [7, 11) is 0. The number of aryl methyl sites for hydroxylation is 1. The van der Waals surface area contributed by atoms with Gasteiger partial charge < -0.3 is 15.4 Å². The lowest BCUT2D eigenvalue weighted by Crippen LogP contribution is -2.20. The first kappa shape index (κ1) is 21.0. The van der Waals surface area contributed by atoms with Crippen LogP contribution in [-0.4, -0.2) is 18.4 Å². The normalized spacial score (nSPS) is 11.0. The van der Waals surface area contributed by atoms with Crippen molar-refractivity contribution in [3.63, 3.8) is 0 Å². The van der Waals surface area contributed by atoms with Gasteiger partial charge in [0.25, 0.3) is 5.91 Å². The highest BCUT2D eigenvalue weighted by Gasteiger charge is 2.16. The second-order valence-corrected chi connectivity index (χ2v) is 8.30. The zero-order chi connectivity index (χ0) is 20.2. The summed E-state index contributed by atoms with van der Waals surface area (Å²) in [5, 5.41) is 5.52. The van der Waals surface area contributed by atoms with Crippen LogP contribution in [0.3, 0.4) is 0 Å². The molecule has 0 spiro atoms. The van der Waals surface area contributed by atoms with Gasteiger partial charge in [0.2, 0.25) is 5.91 Å². The van der Waals surface area contributed by atoms with E-state index in [-0.39, 0.29) is 23.8 Å². The predicted octanol–water partition coefficient (Wildman–Crippen LogP) is 5.03. The number of benzene rings is 2. The molecule has 0 heterocycles. The Hall–Kier alpha value is -2.34. The SMILES string of the molecule is CC(=O)Nc1cc(NC(=O)COc2ccc(C(C)(C)C)cc2Br)ccc1C. The van der Waals surface area contributed by atoms with E-state index in [2.05, 4.69) is 47.3 Å². The van der Waals surface area contributed by atoms with Crippen LogP contribution in [0.1, 0.15) is 38.8 Å². The van der Waals surface area contributed by atoms with E-state index in [1.54, 1.807) is 12.1 Å². The van der Waals surface area contributed by atoms with Gasteiger partial charge in [0.15, 0.2) is 6.61 Å². The number of hydrogen-bond acceptors (Lipinski definition) is 3. The molecule has 0 atom stereocenters. The monoisotopic (exact) mass is 432 g/mol. The van der Waals surface area contributed by atoms with E-state index >= 15 is 0 Å². The second kappa shape index (κ2) is 8.57. The lowest BCUT2D eigenvalue weighted by Gasteiger charge is -2.20. The predicted molar refractivity (Wildman–Crippen MR) is 112 cm³/mol. The van der Waals surface area contributed by atoms with Crippen molar-refractivity contribution in [1.29, 1.82) is 0 Å². The van der Waals surface area contributed by atoms with Crippen LogP contribution in [0.2, 0.25) is 0 Å². The third kappa shape index (κ3) is 6.10. The molecule has 2 aromatic rings. The van der Waals surface area contributed by atoms with Crippen molar-refractivity contribution in [2.24, 2.45) is 0 Å². The minimum absolute atomic E-state index is 0.0372. The number of anilines is 2. The van der Waals surface area contributed by atoms with Crippen LogP contribution in [0.5, 0.6) is 5.75 Å². The van der Waals surface area contributed by atoms with Gasteiger partial charge in [0, 0.05) is 18.3 Å². The Bertz CT molecular complexity index is 857. The molecule has 27 heavy (non-hydrogen) atoms. The molecule has 0 saturated carbocycles. The van der Waals surface area contributed by atoms with Gasteiger partial charge in [-0.25, -0.2) is 0 Å². The molecule has 0 aliphatic heterocycles. The average Bonchev–Trinajstić information content (AvgIpc) is 2.55. The molecule has 0 aromatic heterocycles. The number of halogens is 1. The summed E-state index contributed by atoms with van der Waals surface area (Å²) in [5.41, 5.74) is 3.40. The summed E-state index contributed by atoms with van der Waals surface area (Å²) in [6.45, 7) is 9.63. The Morgan fingerprint density at radius 1 is 1.07 bits per heavy atom. The molecule has 0 bridgehead atoms. The van der Waals surface area contributed by atoms with Crippen LogP contribution < -0.4 is 15.4 Å². The first-order chi connectivity index (χ1) is 12.6. The highest BCUT2D eigenvalue weighted by atomic mass is 79.9. The van der Waals surface area contributed by atoms with Crippen molar-refractivity contribution in [2.45, 2.75) is 40.0 Å². The van der Waals surface area contributed by atoms with Crippen molar-refractivity contribution < 1.29 is 14.3 Å². The van der Waals surface area contributed by atoms with E-state index in [0.717, 1.165) is 10.0 Å². The van der Waals surface area contributed by atoms with Crippen LogP contribution in [-0.2, 0) is 15.0 Å². The Morgan fingerprint density at radius 3 is 2.37 bits per heavy atom. The van der Waals surface area contributed by atoms with Gasteiger partial charge in [0.1, 0.15) is 5.75 Å². The van der Waals surface area contributed by atoms with Gasteiger partial charge >= 0.3 is 0 Å². The summed E-state index contributed by atoms with van der Waals surface area (Å²) >= 11 is 3.50. The number of ether oxygens (including phenoxy) is 1. The molecule has 0 saturated heterocycles. The molecule has 0 unspecified atom stereocenters. The number of rotatable bonds is 5. The molecule has 0 radical (unpaired) electrons. The van der Waals surface area contributed by atoms with Gasteiger partial charge in [-0.1, -0.05) is 32.9 Å². The Kier molecular flexibility index (Phi) is 6.65. The maximum atomic E-state index is 12.2. The number of amides is 2. The molecular formula is C21H25BrN2O3. The Morgan fingerprint density at radius 2 is 1.78 bits per heavy atom. The number of hydrogen-bond donors (Lipinski definition) is 2. The zero-order valence-corrected chi connectivity index (χ0v) is 17.9. The first-order valence-corrected chi connectivity index (χ1v) is 9.46.